The van der Waals surface area contributed by atoms with E-state index in [9.17, 15) is 4.79 Å². The van der Waals surface area contributed by atoms with Crippen molar-refractivity contribution in [3.8, 4) is 0 Å². The molecule has 2 aliphatic heterocycles. The molecule has 1 aromatic carbocycles. The number of hydrogen-bond donors (Lipinski definition) is 1. The molecule has 1 unspecified atom stereocenters. The van der Waals surface area contributed by atoms with Crippen LogP contribution in [0.3, 0.4) is 0 Å². The van der Waals surface area contributed by atoms with Gasteiger partial charge in [0.25, 0.3) is 0 Å². The maximum atomic E-state index is 12.8. The van der Waals surface area contributed by atoms with Crippen LogP contribution >= 0.6 is 23.1 Å². The summed E-state index contributed by atoms with van der Waals surface area (Å²) in [6.07, 6.45) is 2.44. The Hall–Kier alpha value is -1.38. The minimum absolute atomic E-state index is 0.0380. The molecule has 4 rings (SSSR count). The summed E-state index contributed by atoms with van der Waals surface area (Å²) >= 11 is 3.77. The zero-order valence-corrected chi connectivity index (χ0v) is 19.1. The number of hydrogen-bond acceptors (Lipinski definition) is 6. The molecular formula is C23H31N3O2S2. The van der Waals surface area contributed by atoms with E-state index < -0.39 is 0 Å². The van der Waals surface area contributed by atoms with Crippen molar-refractivity contribution < 1.29 is 9.53 Å². The number of nitrogens with one attached hydrogen (secondary N) is 1. The van der Waals surface area contributed by atoms with Crippen LogP contribution in [0.1, 0.15) is 23.3 Å². The molecule has 1 aromatic heterocycles. The Morgan fingerprint density at radius 2 is 2.13 bits per heavy atom. The van der Waals surface area contributed by atoms with Crippen LogP contribution < -0.4 is 5.32 Å². The first-order valence-corrected chi connectivity index (χ1v) is 12.8. The van der Waals surface area contributed by atoms with Gasteiger partial charge >= 0.3 is 0 Å². The lowest BCUT2D eigenvalue weighted by atomic mass is 10.2. The van der Waals surface area contributed by atoms with Gasteiger partial charge in [-0.1, -0.05) is 18.2 Å². The first-order valence-electron chi connectivity index (χ1n) is 10.8. The predicted molar refractivity (Wildman–Crippen MR) is 126 cm³/mol. The average Bonchev–Trinajstić information content (AvgIpc) is 3.43. The molecule has 1 atom stereocenters. The van der Waals surface area contributed by atoms with Crippen LogP contribution in [0.15, 0.2) is 41.8 Å². The van der Waals surface area contributed by atoms with E-state index in [4.69, 9.17) is 4.74 Å². The Balaban J connectivity index is 1.33. The normalized spacial score (nSPS) is 20.0. The third kappa shape index (κ3) is 6.82. The molecule has 0 radical (unpaired) electrons. The molecule has 1 amide bonds. The fraction of sp³-hybridized carbons (Fsp3) is 0.522. The molecule has 2 aliphatic rings. The molecule has 30 heavy (non-hydrogen) atoms. The average molecular weight is 446 g/mol. The van der Waals surface area contributed by atoms with E-state index in [-0.39, 0.29) is 12.0 Å². The molecule has 0 spiro atoms. The van der Waals surface area contributed by atoms with Crippen molar-refractivity contribution >= 4 is 34.7 Å². The summed E-state index contributed by atoms with van der Waals surface area (Å²) in [4.78, 5) is 18.8. The highest BCUT2D eigenvalue weighted by atomic mass is 32.2. The number of ether oxygens (including phenoxy) is 1. The fourth-order valence-corrected chi connectivity index (χ4v) is 5.78. The Labute approximate surface area is 187 Å². The fourth-order valence-electron chi connectivity index (χ4n) is 4.05. The number of carbonyl (C=O) groups excluding carboxylic acids is 1. The number of benzene rings is 1. The van der Waals surface area contributed by atoms with Gasteiger partial charge < -0.3 is 10.1 Å². The van der Waals surface area contributed by atoms with Crippen molar-refractivity contribution in [3.05, 3.63) is 52.2 Å². The Kier molecular flexibility index (Phi) is 8.22. The van der Waals surface area contributed by atoms with E-state index in [0.29, 0.717) is 6.54 Å². The standard InChI is InChI=1S/C23H31N3O2S2/c27-23(18-26(16-21-6-2-10-28-21)17-22-7-3-11-30-22)24-20-5-1-4-19(14-20)15-25-8-12-29-13-9-25/h1,3-5,7,11,14,21H,2,6,8-10,12-13,15-18H2,(H,24,27). The van der Waals surface area contributed by atoms with E-state index in [2.05, 4.69) is 44.8 Å². The molecule has 3 heterocycles. The van der Waals surface area contributed by atoms with Gasteiger partial charge in [0.05, 0.1) is 12.6 Å². The monoisotopic (exact) mass is 445 g/mol. The van der Waals surface area contributed by atoms with Crippen molar-refractivity contribution in [1.29, 1.82) is 0 Å². The summed E-state index contributed by atoms with van der Waals surface area (Å²) in [6, 6.07) is 12.5. The van der Waals surface area contributed by atoms with Gasteiger partial charge in [0.1, 0.15) is 0 Å². The number of amides is 1. The van der Waals surface area contributed by atoms with Crippen LogP contribution in [0.2, 0.25) is 0 Å². The topological polar surface area (TPSA) is 44.8 Å². The first kappa shape index (κ1) is 21.8. The van der Waals surface area contributed by atoms with Crippen LogP contribution in [0.5, 0.6) is 0 Å². The Morgan fingerprint density at radius 3 is 2.90 bits per heavy atom. The number of anilines is 1. The number of nitrogens with zero attached hydrogens (tertiary/aromatic N) is 2. The van der Waals surface area contributed by atoms with E-state index in [0.717, 1.165) is 57.9 Å². The highest BCUT2D eigenvalue weighted by Gasteiger charge is 2.21. The third-order valence-corrected chi connectivity index (χ3v) is 7.34. The van der Waals surface area contributed by atoms with Gasteiger partial charge in [-0.25, -0.2) is 0 Å². The van der Waals surface area contributed by atoms with Crippen LogP contribution in [-0.4, -0.2) is 66.1 Å². The van der Waals surface area contributed by atoms with E-state index >= 15 is 0 Å². The third-order valence-electron chi connectivity index (χ3n) is 5.53. The zero-order chi connectivity index (χ0) is 20.6. The van der Waals surface area contributed by atoms with Gasteiger partial charge in [0.2, 0.25) is 5.91 Å². The van der Waals surface area contributed by atoms with Crippen molar-refractivity contribution in [2.45, 2.75) is 32.0 Å². The van der Waals surface area contributed by atoms with Gasteiger partial charge in [0.15, 0.2) is 0 Å². The van der Waals surface area contributed by atoms with Crippen molar-refractivity contribution in [3.63, 3.8) is 0 Å². The summed E-state index contributed by atoms with van der Waals surface area (Å²) < 4.78 is 5.81. The summed E-state index contributed by atoms with van der Waals surface area (Å²) in [5.41, 5.74) is 2.14. The molecule has 162 valence electrons. The minimum atomic E-state index is 0.0380. The zero-order valence-electron chi connectivity index (χ0n) is 17.4. The van der Waals surface area contributed by atoms with Gasteiger partial charge in [-0.2, -0.15) is 11.8 Å². The van der Waals surface area contributed by atoms with Crippen LogP contribution in [0.25, 0.3) is 0 Å². The molecular weight excluding hydrogens is 414 g/mol. The van der Waals surface area contributed by atoms with Gasteiger partial charge in [-0.05, 0) is 42.0 Å². The van der Waals surface area contributed by atoms with Crippen LogP contribution in [0, 0.1) is 0 Å². The summed E-state index contributed by atoms with van der Waals surface area (Å²) in [5.74, 6) is 2.46. The second-order valence-corrected chi connectivity index (χ2v) is 10.3. The quantitative estimate of drug-likeness (QED) is 0.634. The second-order valence-electron chi connectivity index (χ2n) is 8.02. The first-order chi connectivity index (χ1) is 14.7. The van der Waals surface area contributed by atoms with Crippen LogP contribution in [-0.2, 0) is 22.6 Å². The number of thiophene rings is 1. The lowest BCUT2D eigenvalue weighted by Gasteiger charge is -2.26. The molecule has 0 aliphatic carbocycles. The van der Waals surface area contributed by atoms with E-state index in [1.54, 1.807) is 11.3 Å². The Bertz CT molecular complexity index is 788. The van der Waals surface area contributed by atoms with Crippen molar-refractivity contribution in [1.82, 2.24) is 9.80 Å². The van der Waals surface area contributed by atoms with Crippen LogP contribution in [0.4, 0.5) is 5.69 Å². The predicted octanol–water partition coefficient (Wildman–Crippen LogP) is 3.92. The molecule has 2 fully saturated rings. The van der Waals surface area contributed by atoms with Crippen molar-refractivity contribution in [2.24, 2.45) is 0 Å². The van der Waals surface area contributed by atoms with Gasteiger partial charge in [-0.3, -0.25) is 14.6 Å². The Morgan fingerprint density at radius 1 is 1.23 bits per heavy atom. The number of thioether (sulfide) groups is 1. The minimum Gasteiger partial charge on any atom is -0.377 e. The molecule has 0 saturated carbocycles. The largest absolute Gasteiger partial charge is 0.377 e. The van der Waals surface area contributed by atoms with Crippen molar-refractivity contribution in [2.75, 3.05) is 49.6 Å². The summed E-state index contributed by atoms with van der Waals surface area (Å²) in [6.45, 7) is 6.05. The van der Waals surface area contributed by atoms with Gasteiger partial charge in [0, 0.05) is 61.4 Å². The smallest absolute Gasteiger partial charge is 0.238 e. The van der Waals surface area contributed by atoms with E-state index in [1.807, 2.05) is 23.9 Å². The lowest BCUT2D eigenvalue weighted by molar-refractivity contribution is -0.117. The highest BCUT2D eigenvalue weighted by Crippen LogP contribution is 2.19. The number of carbonyl (C=O) groups is 1. The number of rotatable bonds is 9. The lowest BCUT2D eigenvalue weighted by Crippen LogP contribution is -2.37. The molecule has 7 heteroatoms. The summed E-state index contributed by atoms with van der Waals surface area (Å²) in [7, 11) is 0. The van der Waals surface area contributed by atoms with Gasteiger partial charge in [-0.15, -0.1) is 11.3 Å². The molecule has 2 aromatic rings. The van der Waals surface area contributed by atoms with E-state index in [1.165, 1.54) is 21.9 Å². The maximum absolute atomic E-state index is 12.8. The SMILES string of the molecule is O=C(CN(Cc1cccs1)CC1CCCO1)Nc1cccc(CN2CCSCC2)c1. The maximum Gasteiger partial charge on any atom is 0.238 e. The highest BCUT2D eigenvalue weighted by molar-refractivity contribution is 7.99. The molecule has 0 bridgehead atoms. The molecule has 2 saturated heterocycles. The second kappa shape index (κ2) is 11.3. The summed E-state index contributed by atoms with van der Waals surface area (Å²) in [5, 5.41) is 5.20. The molecule has 1 N–H and O–H groups in total. The molecule has 5 nitrogen and oxygen atoms in total.